The Morgan fingerprint density at radius 2 is 2.37 bits per heavy atom. The third-order valence-electron chi connectivity index (χ3n) is 2.67. The van der Waals surface area contributed by atoms with E-state index in [1.54, 1.807) is 28.2 Å². The molecule has 0 unspecified atom stereocenters. The van der Waals surface area contributed by atoms with E-state index in [2.05, 4.69) is 15.6 Å². The van der Waals surface area contributed by atoms with Crippen LogP contribution in [0.2, 0.25) is 0 Å². The van der Waals surface area contributed by atoms with Gasteiger partial charge in [0.25, 0.3) is 0 Å². The van der Waals surface area contributed by atoms with Crippen molar-refractivity contribution in [3.63, 3.8) is 0 Å². The van der Waals surface area contributed by atoms with E-state index < -0.39 is 0 Å². The number of rotatable bonds is 4. The number of nitrogens with zero attached hydrogens (tertiary/aromatic N) is 3. The lowest BCUT2D eigenvalue weighted by atomic mass is 10.2. The average Bonchev–Trinajstić information content (AvgIpc) is 3.09. The summed E-state index contributed by atoms with van der Waals surface area (Å²) in [5, 5.41) is 19.8. The quantitative estimate of drug-likeness (QED) is 0.561. The molecule has 0 spiro atoms. The van der Waals surface area contributed by atoms with Crippen LogP contribution in [0.25, 0.3) is 11.4 Å². The van der Waals surface area contributed by atoms with Crippen molar-refractivity contribution in [3.05, 3.63) is 46.5 Å². The minimum absolute atomic E-state index is 0.0613. The summed E-state index contributed by atoms with van der Waals surface area (Å²) in [5.41, 5.74) is 8.53. The van der Waals surface area contributed by atoms with Crippen molar-refractivity contribution >= 4 is 17.2 Å². The summed E-state index contributed by atoms with van der Waals surface area (Å²) in [4.78, 5) is 0. The van der Waals surface area contributed by atoms with Gasteiger partial charge in [-0.2, -0.15) is 16.4 Å². The lowest BCUT2D eigenvalue weighted by Crippen LogP contribution is -2.12. The molecule has 0 bridgehead atoms. The monoisotopic (exact) mass is 273 g/mol. The molecule has 3 aromatic rings. The van der Waals surface area contributed by atoms with E-state index >= 15 is 0 Å². The molecule has 0 aliphatic heterocycles. The van der Waals surface area contributed by atoms with Crippen molar-refractivity contribution in [1.82, 2.24) is 14.9 Å². The van der Waals surface area contributed by atoms with Crippen LogP contribution in [0.5, 0.6) is 0 Å². The Balaban J connectivity index is 2.03. The highest BCUT2D eigenvalue weighted by Gasteiger charge is 2.14. The van der Waals surface area contributed by atoms with Gasteiger partial charge < -0.3 is 10.3 Å². The van der Waals surface area contributed by atoms with Crippen molar-refractivity contribution in [2.75, 3.05) is 0 Å². The van der Waals surface area contributed by atoms with Gasteiger partial charge in [-0.3, -0.25) is 10.1 Å². The maximum absolute atomic E-state index is 7.48. The first kappa shape index (κ1) is 11.7. The maximum atomic E-state index is 7.48. The van der Waals surface area contributed by atoms with Crippen molar-refractivity contribution < 1.29 is 4.52 Å². The van der Waals surface area contributed by atoms with Crippen LogP contribution >= 0.6 is 11.3 Å². The van der Waals surface area contributed by atoms with E-state index in [0.717, 1.165) is 11.3 Å². The van der Waals surface area contributed by atoms with Gasteiger partial charge in [-0.05, 0) is 28.5 Å². The molecule has 19 heavy (non-hydrogen) atoms. The first-order valence-corrected chi connectivity index (χ1v) is 6.52. The summed E-state index contributed by atoms with van der Waals surface area (Å²) in [6, 6.07) is 5.53. The molecule has 0 atom stereocenters. The van der Waals surface area contributed by atoms with Gasteiger partial charge in [0.15, 0.2) is 0 Å². The van der Waals surface area contributed by atoms with Gasteiger partial charge in [0.2, 0.25) is 0 Å². The fourth-order valence-electron chi connectivity index (χ4n) is 1.78. The molecular weight excluding hydrogens is 262 g/mol. The molecule has 0 aliphatic rings. The summed E-state index contributed by atoms with van der Waals surface area (Å²) in [7, 11) is 0. The van der Waals surface area contributed by atoms with Crippen LogP contribution in [-0.4, -0.2) is 20.8 Å². The highest BCUT2D eigenvalue weighted by molar-refractivity contribution is 7.07. The summed E-state index contributed by atoms with van der Waals surface area (Å²) in [5.74, 6) is -0.0613. The van der Waals surface area contributed by atoms with E-state index in [0.29, 0.717) is 17.9 Å². The van der Waals surface area contributed by atoms with Crippen LogP contribution in [0.3, 0.4) is 0 Å². The third-order valence-corrected chi connectivity index (χ3v) is 3.40. The number of nitrogens with two attached hydrogens (primary N) is 1. The van der Waals surface area contributed by atoms with Crippen LogP contribution in [-0.2, 0) is 6.54 Å². The molecular formula is C12H11N5OS. The van der Waals surface area contributed by atoms with Gasteiger partial charge in [-0.1, -0.05) is 5.16 Å². The van der Waals surface area contributed by atoms with Gasteiger partial charge in [-0.25, -0.2) is 0 Å². The molecule has 7 heteroatoms. The summed E-state index contributed by atoms with van der Waals surface area (Å²) < 4.78 is 6.63. The third kappa shape index (κ3) is 2.27. The van der Waals surface area contributed by atoms with Crippen molar-refractivity contribution in [3.8, 4) is 11.4 Å². The zero-order chi connectivity index (χ0) is 13.2. The number of amidine groups is 1. The SMILES string of the molecule is N=C(N)c1cc(-c2ccon2)n(Cc2ccsc2)n1. The molecule has 6 nitrogen and oxygen atoms in total. The Morgan fingerprint density at radius 3 is 3.00 bits per heavy atom. The zero-order valence-electron chi connectivity index (χ0n) is 9.91. The number of aromatic nitrogens is 3. The molecule has 96 valence electrons. The number of hydrogen-bond acceptors (Lipinski definition) is 5. The largest absolute Gasteiger partial charge is 0.382 e. The first-order chi connectivity index (χ1) is 9.24. The smallest absolute Gasteiger partial charge is 0.143 e. The number of nitrogens with one attached hydrogen (secondary N) is 1. The molecule has 3 heterocycles. The van der Waals surface area contributed by atoms with E-state index in [9.17, 15) is 0 Å². The van der Waals surface area contributed by atoms with Gasteiger partial charge in [-0.15, -0.1) is 0 Å². The lowest BCUT2D eigenvalue weighted by molar-refractivity contribution is 0.421. The Bertz CT molecular complexity index is 684. The van der Waals surface area contributed by atoms with Crippen LogP contribution < -0.4 is 5.73 Å². The normalized spacial score (nSPS) is 10.7. The molecule has 0 fully saturated rings. The van der Waals surface area contributed by atoms with Crippen molar-refractivity contribution in [2.45, 2.75) is 6.54 Å². The first-order valence-electron chi connectivity index (χ1n) is 5.58. The molecule has 3 aromatic heterocycles. The van der Waals surface area contributed by atoms with Crippen LogP contribution in [0, 0.1) is 5.41 Å². The molecule has 3 rings (SSSR count). The Morgan fingerprint density at radius 1 is 1.47 bits per heavy atom. The second-order valence-electron chi connectivity index (χ2n) is 4.00. The summed E-state index contributed by atoms with van der Waals surface area (Å²) in [6.07, 6.45) is 1.50. The Hall–Kier alpha value is -2.41. The van der Waals surface area contributed by atoms with E-state index in [1.165, 1.54) is 6.26 Å². The summed E-state index contributed by atoms with van der Waals surface area (Å²) >= 11 is 1.63. The van der Waals surface area contributed by atoms with E-state index in [1.807, 2.05) is 11.4 Å². The van der Waals surface area contributed by atoms with Crippen LogP contribution in [0.4, 0.5) is 0 Å². The maximum Gasteiger partial charge on any atom is 0.143 e. The molecule has 0 aromatic carbocycles. The second kappa shape index (κ2) is 4.69. The van der Waals surface area contributed by atoms with Crippen molar-refractivity contribution in [2.24, 2.45) is 5.73 Å². The average molecular weight is 273 g/mol. The second-order valence-corrected chi connectivity index (χ2v) is 4.78. The highest BCUT2D eigenvalue weighted by atomic mass is 32.1. The Labute approximate surface area is 113 Å². The lowest BCUT2D eigenvalue weighted by Gasteiger charge is -2.03. The predicted molar refractivity (Wildman–Crippen MR) is 72.2 cm³/mol. The predicted octanol–water partition coefficient (Wildman–Crippen LogP) is 1.93. The van der Waals surface area contributed by atoms with E-state index in [4.69, 9.17) is 15.7 Å². The molecule has 0 saturated carbocycles. The molecule has 0 amide bonds. The Kier molecular flexibility index (Phi) is 2.88. The minimum Gasteiger partial charge on any atom is -0.382 e. The van der Waals surface area contributed by atoms with Crippen LogP contribution in [0.1, 0.15) is 11.3 Å². The van der Waals surface area contributed by atoms with Gasteiger partial charge in [0.1, 0.15) is 23.5 Å². The summed E-state index contributed by atoms with van der Waals surface area (Å²) in [6.45, 7) is 0.610. The topological polar surface area (TPSA) is 93.7 Å². The fourth-order valence-corrected chi connectivity index (χ4v) is 2.44. The molecule has 0 aliphatic carbocycles. The fraction of sp³-hybridized carbons (Fsp3) is 0.0833. The van der Waals surface area contributed by atoms with Gasteiger partial charge in [0, 0.05) is 6.07 Å². The number of nitrogen functional groups attached to an aromatic ring is 1. The van der Waals surface area contributed by atoms with Gasteiger partial charge >= 0.3 is 0 Å². The molecule has 3 N–H and O–H groups in total. The molecule has 0 saturated heterocycles. The zero-order valence-corrected chi connectivity index (χ0v) is 10.7. The van der Waals surface area contributed by atoms with E-state index in [-0.39, 0.29) is 5.84 Å². The minimum atomic E-state index is -0.0613. The van der Waals surface area contributed by atoms with Crippen LogP contribution in [0.15, 0.2) is 39.7 Å². The number of thiophene rings is 1. The number of hydrogen-bond donors (Lipinski definition) is 2. The molecule has 0 radical (unpaired) electrons. The highest BCUT2D eigenvalue weighted by Crippen LogP contribution is 2.20. The van der Waals surface area contributed by atoms with Gasteiger partial charge in [0.05, 0.1) is 12.2 Å². The van der Waals surface area contributed by atoms with Crippen molar-refractivity contribution in [1.29, 1.82) is 5.41 Å². The standard InChI is InChI=1S/C12H11N5OS/c13-12(14)10-5-11(9-1-3-18-16-9)17(15-10)6-8-2-4-19-7-8/h1-5,7H,6H2,(H3,13,14).